The van der Waals surface area contributed by atoms with E-state index in [4.69, 9.17) is 11.6 Å². The van der Waals surface area contributed by atoms with Gasteiger partial charge in [0.25, 0.3) is 11.5 Å². The molecule has 1 aliphatic heterocycles. The zero-order valence-electron chi connectivity index (χ0n) is 15.0. The summed E-state index contributed by atoms with van der Waals surface area (Å²) < 4.78 is 0. The van der Waals surface area contributed by atoms with E-state index < -0.39 is 0 Å². The summed E-state index contributed by atoms with van der Waals surface area (Å²) in [4.78, 5) is 29.9. The van der Waals surface area contributed by atoms with Gasteiger partial charge in [0.05, 0.1) is 5.02 Å². The molecule has 1 fully saturated rings. The molecule has 0 saturated carbocycles. The predicted octanol–water partition coefficient (Wildman–Crippen LogP) is 3.91. The van der Waals surface area contributed by atoms with Crippen LogP contribution in [0.2, 0.25) is 5.02 Å². The molecule has 0 radical (unpaired) electrons. The van der Waals surface area contributed by atoms with Crippen molar-refractivity contribution >= 4 is 17.5 Å². The Morgan fingerprint density at radius 2 is 1.88 bits per heavy atom. The van der Waals surface area contributed by atoms with Crippen LogP contribution in [-0.2, 0) is 0 Å². The Hall–Kier alpha value is -2.07. The van der Waals surface area contributed by atoms with Crippen LogP contribution in [0.5, 0.6) is 0 Å². The Kier molecular flexibility index (Phi) is 4.50. The van der Waals surface area contributed by atoms with Crippen molar-refractivity contribution in [1.29, 1.82) is 0 Å². The summed E-state index contributed by atoms with van der Waals surface area (Å²) in [6.45, 7) is 8.99. The fourth-order valence-corrected chi connectivity index (χ4v) is 3.94. The van der Waals surface area contributed by atoms with Crippen LogP contribution >= 0.6 is 11.6 Å². The molecule has 1 aromatic carbocycles. The Morgan fingerprint density at radius 1 is 1.24 bits per heavy atom. The molecule has 3 rings (SSSR count). The molecule has 1 amide bonds. The van der Waals surface area contributed by atoms with Gasteiger partial charge < -0.3 is 9.88 Å². The summed E-state index contributed by atoms with van der Waals surface area (Å²) in [5.41, 5.74) is 2.07. The quantitative estimate of drug-likeness (QED) is 0.884. The van der Waals surface area contributed by atoms with Gasteiger partial charge in [0.1, 0.15) is 5.56 Å². The maximum Gasteiger partial charge on any atom is 0.261 e. The maximum atomic E-state index is 13.1. The van der Waals surface area contributed by atoms with Crippen LogP contribution in [-0.4, -0.2) is 28.9 Å². The number of carbonyl (C=O) groups is 1. The van der Waals surface area contributed by atoms with Gasteiger partial charge >= 0.3 is 0 Å². The van der Waals surface area contributed by atoms with Gasteiger partial charge in [0, 0.05) is 24.7 Å². The zero-order valence-corrected chi connectivity index (χ0v) is 15.8. The van der Waals surface area contributed by atoms with E-state index in [2.05, 4.69) is 31.0 Å². The molecule has 0 bridgehead atoms. The number of amides is 1. The average molecular weight is 359 g/mol. The molecular weight excluding hydrogens is 336 g/mol. The minimum Gasteiger partial charge on any atom is -0.337 e. The molecule has 2 heterocycles. The van der Waals surface area contributed by atoms with E-state index in [0.717, 1.165) is 0 Å². The lowest BCUT2D eigenvalue weighted by molar-refractivity contribution is 0.0775. The lowest BCUT2D eigenvalue weighted by Crippen LogP contribution is -2.35. The molecular formula is C20H23ClN2O2. The van der Waals surface area contributed by atoms with Gasteiger partial charge in [-0.15, -0.1) is 0 Å². The lowest BCUT2D eigenvalue weighted by atomic mass is 9.78. The first-order chi connectivity index (χ1) is 11.7. The number of hydrogen-bond donors (Lipinski definition) is 1. The minimum absolute atomic E-state index is 0.0633. The molecule has 2 aromatic rings. The zero-order chi connectivity index (χ0) is 18.4. The number of aryl methyl sites for hydroxylation is 1. The van der Waals surface area contributed by atoms with Crippen molar-refractivity contribution in [1.82, 2.24) is 9.88 Å². The van der Waals surface area contributed by atoms with Crippen LogP contribution in [0, 0.1) is 19.3 Å². The van der Waals surface area contributed by atoms with Crippen molar-refractivity contribution in [3.8, 4) is 0 Å². The van der Waals surface area contributed by atoms with Crippen molar-refractivity contribution in [3.63, 3.8) is 0 Å². The van der Waals surface area contributed by atoms with E-state index in [1.807, 2.05) is 18.2 Å². The molecule has 1 N–H and O–H groups in total. The normalized spacial score (nSPS) is 19.2. The molecule has 5 heteroatoms. The summed E-state index contributed by atoms with van der Waals surface area (Å²) in [5.74, 6) is -0.00915. The molecule has 0 aliphatic carbocycles. The fraction of sp³-hybridized carbons (Fsp3) is 0.400. The number of aromatic amines is 1. The fourth-order valence-electron chi connectivity index (χ4n) is 3.80. The van der Waals surface area contributed by atoms with Crippen molar-refractivity contribution < 1.29 is 4.79 Å². The first-order valence-corrected chi connectivity index (χ1v) is 8.83. The third kappa shape index (κ3) is 3.11. The second kappa shape index (κ2) is 6.34. The molecule has 1 atom stereocenters. The minimum atomic E-state index is -0.370. The number of aromatic nitrogens is 1. The number of benzene rings is 1. The first kappa shape index (κ1) is 17.7. The van der Waals surface area contributed by atoms with E-state index in [1.165, 1.54) is 5.56 Å². The highest BCUT2D eigenvalue weighted by Crippen LogP contribution is 2.42. The molecule has 1 aliphatic rings. The van der Waals surface area contributed by atoms with Crippen LogP contribution in [0.4, 0.5) is 0 Å². The standard InChI is InChI=1S/C20H23ClN2O2/c1-12-16(18(24)22-13(2)17(12)21)19(25)23-10-15(20(3,4)11-23)14-8-6-5-7-9-14/h5-9,15H,10-11H2,1-4H3,(H,22,24)/t15-/m1/s1. The summed E-state index contributed by atoms with van der Waals surface area (Å²) in [6.07, 6.45) is 0. The molecule has 132 valence electrons. The summed E-state index contributed by atoms with van der Waals surface area (Å²) in [5, 5.41) is 0.445. The maximum absolute atomic E-state index is 13.1. The number of likely N-dealkylation sites (tertiary alicyclic amines) is 1. The molecule has 4 nitrogen and oxygen atoms in total. The predicted molar refractivity (Wildman–Crippen MR) is 100 cm³/mol. The van der Waals surface area contributed by atoms with E-state index in [1.54, 1.807) is 18.7 Å². The number of H-pyrrole nitrogens is 1. The van der Waals surface area contributed by atoms with Gasteiger partial charge in [-0.05, 0) is 30.4 Å². The number of halogens is 1. The molecule has 0 spiro atoms. The highest BCUT2D eigenvalue weighted by atomic mass is 35.5. The van der Waals surface area contributed by atoms with Crippen molar-refractivity contribution in [2.24, 2.45) is 5.41 Å². The van der Waals surface area contributed by atoms with Crippen LogP contribution < -0.4 is 5.56 Å². The smallest absolute Gasteiger partial charge is 0.261 e. The van der Waals surface area contributed by atoms with Crippen LogP contribution in [0.15, 0.2) is 35.1 Å². The summed E-state index contributed by atoms with van der Waals surface area (Å²) in [7, 11) is 0. The van der Waals surface area contributed by atoms with Gasteiger partial charge in [0.15, 0.2) is 0 Å². The number of hydrogen-bond acceptors (Lipinski definition) is 2. The molecule has 1 saturated heterocycles. The van der Waals surface area contributed by atoms with E-state index in [0.29, 0.717) is 29.4 Å². The molecule has 0 unspecified atom stereocenters. The van der Waals surface area contributed by atoms with Crippen LogP contribution in [0.1, 0.15) is 46.9 Å². The average Bonchev–Trinajstić information content (AvgIpc) is 2.89. The Bertz CT molecular complexity index is 871. The first-order valence-electron chi connectivity index (χ1n) is 8.45. The van der Waals surface area contributed by atoms with Crippen molar-refractivity contribution in [2.45, 2.75) is 33.6 Å². The second-order valence-electron chi connectivity index (χ2n) is 7.53. The summed E-state index contributed by atoms with van der Waals surface area (Å²) in [6, 6.07) is 10.2. The third-order valence-corrected chi connectivity index (χ3v) is 5.78. The Morgan fingerprint density at radius 3 is 2.52 bits per heavy atom. The van der Waals surface area contributed by atoms with Crippen molar-refractivity contribution in [3.05, 3.63) is 68.1 Å². The van der Waals surface area contributed by atoms with E-state index in [-0.39, 0.29) is 28.4 Å². The monoisotopic (exact) mass is 358 g/mol. The van der Waals surface area contributed by atoms with Gasteiger partial charge in [-0.3, -0.25) is 9.59 Å². The van der Waals surface area contributed by atoms with Gasteiger partial charge in [-0.2, -0.15) is 0 Å². The van der Waals surface area contributed by atoms with Crippen LogP contribution in [0.3, 0.4) is 0 Å². The number of rotatable bonds is 2. The number of nitrogens with one attached hydrogen (secondary N) is 1. The Balaban J connectivity index is 1.96. The van der Waals surface area contributed by atoms with Gasteiger partial charge in [-0.1, -0.05) is 55.8 Å². The molecule has 1 aromatic heterocycles. The van der Waals surface area contributed by atoms with Gasteiger partial charge in [0.2, 0.25) is 0 Å². The number of carbonyl (C=O) groups excluding carboxylic acids is 1. The molecule has 25 heavy (non-hydrogen) atoms. The third-order valence-electron chi connectivity index (χ3n) is 5.21. The van der Waals surface area contributed by atoms with E-state index >= 15 is 0 Å². The highest BCUT2D eigenvalue weighted by Gasteiger charge is 2.42. The number of pyridine rings is 1. The SMILES string of the molecule is Cc1[nH]c(=O)c(C(=O)N2C[C@H](c3ccccc3)C(C)(C)C2)c(C)c1Cl. The largest absolute Gasteiger partial charge is 0.337 e. The summed E-state index contributed by atoms with van der Waals surface area (Å²) >= 11 is 6.25. The topological polar surface area (TPSA) is 53.2 Å². The second-order valence-corrected chi connectivity index (χ2v) is 7.91. The van der Waals surface area contributed by atoms with Gasteiger partial charge in [-0.25, -0.2) is 0 Å². The Labute approximate surface area is 152 Å². The van der Waals surface area contributed by atoms with Crippen LogP contribution in [0.25, 0.3) is 0 Å². The highest BCUT2D eigenvalue weighted by molar-refractivity contribution is 6.32. The number of nitrogens with zero attached hydrogens (tertiary/aromatic N) is 1. The van der Waals surface area contributed by atoms with Crippen molar-refractivity contribution in [2.75, 3.05) is 13.1 Å². The van der Waals surface area contributed by atoms with E-state index in [9.17, 15) is 9.59 Å². The lowest BCUT2D eigenvalue weighted by Gasteiger charge is -2.25.